The molecule has 1 aromatic carbocycles. The van der Waals surface area contributed by atoms with E-state index in [-0.39, 0.29) is 18.0 Å². The Kier molecular flexibility index (Phi) is 5.57. The summed E-state index contributed by atoms with van der Waals surface area (Å²) < 4.78 is 5.48. The maximum Gasteiger partial charge on any atom is 0.238 e. The molecular formula is C15H22N2O2. The summed E-state index contributed by atoms with van der Waals surface area (Å²) in [7, 11) is 0. The second-order valence-electron chi connectivity index (χ2n) is 5.25. The van der Waals surface area contributed by atoms with Crippen molar-refractivity contribution in [3.8, 4) is 5.75 Å². The Bertz CT molecular complexity index is 436. The van der Waals surface area contributed by atoms with Crippen LogP contribution in [0.3, 0.4) is 0 Å². The molecule has 0 spiro atoms. The minimum atomic E-state index is -0.0930. The quantitative estimate of drug-likeness (QED) is 0.775. The highest BCUT2D eigenvalue weighted by atomic mass is 16.5. The summed E-state index contributed by atoms with van der Waals surface area (Å²) in [5.41, 5.74) is 0.584. The smallest absolute Gasteiger partial charge is 0.238 e. The highest BCUT2D eigenvalue weighted by Gasteiger charge is 2.12. The molecule has 0 atom stereocenters. The molecule has 0 radical (unpaired) electrons. The number of carbonyl (C=O) groups excluding carboxylic acids is 1. The van der Waals surface area contributed by atoms with Crippen molar-refractivity contribution in [2.75, 3.05) is 18.5 Å². The van der Waals surface area contributed by atoms with Gasteiger partial charge in [0.25, 0.3) is 0 Å². The average molecular weight is 262 g/mol. The van der Waals surface area contributed by atoms with Crippen LogP contribution in [0.5, 0.6) is 5.75 Å². The van der Waals surface area contributed by atoms with E-state index in [1.807, 2.05) is 45.0 Å². The van der Waals surface area contributed by atoms with Gasteiger partial charge in [-0.25, -0.2) is 0 Å². The number of hydrogen-bond acceptors (Lipinski definition) is 3. The summed E-state index contributed by atoms with van der Waals surface area (Å²) in [6.07, 6.45) is 1.67. The third-order valence-corrected chi connectivity index (χ3v) is 2.30. The van der Waals surface area contributed by atoms with Crippen molar-refractivity contribution in [3.05, 3.63) is 36.9 Å². The van der Waals surface area contributed by atoms with Gasteiger partial charge in [0, 0.05) is 5.54 Å². The second-order valence-corrected chi connectivity index (χ2v) is 5.25. The fourth-order valence-electron chi connectivity index (χ4n) is 1.38. The third-order valence-electron chi connectivity index (χ3n) is 2.30. The lowest BCUT2D eigenvalue weighted by Gasteiger charge is -2.20. The Hall–Kier alpha value is -1.81. The molecule has 1 rings (SSSR count). The molecule has 0 fully saturated rings. The molecule has 1 amide bonds. The minimum absolute atomic E-state index is 0.0871. The van der Waals surface area contributed by atoms with Crippen LogP contribution in [0.15, 0.2) is 36.9 Å². The van der Waals surface area contributed by atoms with E-state index >= 15 is 0 Å². The highest BCUT2D eigenvalue weighted by Crippen LogP contribution is 2.23. The maximum absolute atomic E-state index is 11.8. The Morgan fingerprint density at radius 1 is 1.37 bits per heavy atom. The zero-order valence-corrected chi connectivity index (χ0v) is 11.8. The summed E-state index contributed by atoms with van der Waals surface area (Å²) in [5, 5.41) is 5.97. The van der Waals surface area contributed by atoms with Gasteiger partial charge in [-0.1, -0.05) is 24.8 Å². The van der Waals surface area contributed by atoms with Gasteiger partial charge in [-0.05, 0) is 32.9 Å². The fourth-order valence-corrected chi connectivity index (χ4v) is 1.38. The van der Waals surface area contributed by atoms with E-state index in [0.29, 0.717) is 18.0 Å². The summed E-state index contributed by atoms with van der Waals surface area (Å²) in [6, 6.07) is 7.35. The van der Waals surface area contributed by atoms with Crippen LogP contribution in [0.4, 0.5) is 5.69 Å². The van der Waals surface area contributed by atoms with E-state index in [1.165, 1.54) is 0 Å². The molecule has 0 saturated carbocycles. The van der Waals surface area contributed by atoms with Crippen LogP contribution in [0.2, 0.25) is 0 Å². The van der Waals surface area contributed by atoms with Gasteiger partial charge >= 0.3 is 0 Å². The molecule has 0 aromatic heterocycles. The zero-order chi connectivity index (χ0) is 14.3. The first-order chi connectivity index (χ1) is 8.92. The van der Waals surface area contributed by atoms with Crippen molar-refractivity contribution in [2.24, 2.45) is 0 Å². The van der Waals surface area contributed by atoms with Crippen LogP contribution in [-0.4, -0.2) is 24.6 Å². The largest absolute Gasteiger partial charge is 0.487 e. The van der Waals surface area contributed by atoms with Crippen molar-refractivity contribution in [2.45, 2.75) is 26.3 Å². The lowest BCUT2D eigenvalue weighted by Crippen LogP contribution is -2.41. The number of nitrogens with one attached hydrogen (secondary N) is 2. The number of amides is 1. The van der Waals surface area contributed by atoms with Crippen molar-refractivity contribution in [1.29, 1.82) is 0 Å². The van der Waals surface area contributed by atoms with Crippen LogP contribution in [-0.2, 0) is 4.79 Å². The van der Waals surface area contributed by atoms with Crippen molar-refractivity contribution < 1.29 is 9.53 Å². The molecule has 1 aromatic rings. The predicted molar refractivity (Wildman–Crippen MR) is 78.5 cm³/mol. The first kappa shape index (κ1) is 15.2. The van der Waals surface area contributed by atoms with Gasteiger partial charge in [0.15, 0.2) is 0 Å². The monoisotopic (exact) mass is 262 g/mol. The van der Waals surface area contributed by atoms with Crippen molar-refractivity contribution in [1.82, 2.24) is 5.32 Å². The normalized spacial score (nSPS) is 10.9. The SMILES string of the molecule is C=CCOc1ccccc1NC(=O)CNC(C)(C)C. The van der Waals surface area contributed by atoms with Gasteiger partial charge in [-0.15, -0.1) is 0 Å². The van der Waals surface area contributed by atoms with Crippen LogP contribution in [0.25, 0.3) is 0 Å². The number of ether oxygens (including phenoxy) is 1. The molecule has 19 heavy (non-hydrogen) atoms. The van der Waals surface area contributed by atoms with Gasteiger partial charge in [-0.3, -0.25) is 4.79 Å². The van der Waals surface area contributed by atoms with E-state index in [4.69, 9.17) is 4.74 Å². The summed E-state index contributed by atoms with van der Waals surface area (Å²) in [5.74, 6) is 0.552. The van der Waals surface area contributed by atoms with E-state index < -0.39 is 0 Å². The van der Waals surface area contributed by atoms with E-state index in [1.54, 1.807) is 6.08 Å². The van der Waals surface area contributed by atoms with Crippen molar-refractivity contribution >= 4 is 11.6 Å². The average Bonchev–Trinajstić information content (AvgIpc) is 2.34. The summed E-state index contributed by atoms with van der Waals surface area (Å²) >= 11 is 0. The number of hydrogen-bond donors (Lipinski definition) is 2. The molecular weight excluding hydrogens is 240 g/mol. The lowest BCUT2D eigenvalue weighted by molar-refractivity contribution is -0.115. The molecule has 0 saturated heterocycles. The molecule has 0 aliphatic rings. The molecule has 0 heterocycles. The fraction of sp³-hybridized carbons (Fsp3) is 0.400. The van der Waals surface area contributed by atoms with Crippen LogP contribution < -0.4 is 15.4 Å². The summed E-state index contributed by atoms with van der Waals surface area (Å²) in [4.78, 5) is 11.8. The minimum Gasteiger partial charge on any atom is -0.487 e. The van der Waals surface area contributed by atoms with E-state index in [2.05, 4.69) is 17.2 Å². The predicted octanol–water partition coefficient (Wildman–Crippen LogP) is 2.58. The molecule has 4 heteroatoms. The van der Waals surface area contributed by atoms with Gasteiger partial charge < -0.3 is 15.4 Å². The molecule has 4 nitrogen and oxygen atoms in total. The number of para-hydroxylation sites is 2. The number of benzene rings is 1. The topological polar surface area (TPSA) is 50.4 Å². The number of carbonyl (C=O) groups is 1. The van der Waals surface area contributed by atoms with Crippen LogP contribution in [0, 0.1) is 0 Å². The standard InChI is InChI=1S/C15H22N2O2/c1-5-10-19-13-9-7-6-8-12(13)17-14(18)11-16-15(2,3)4/h5-9,16H,1,10-11H2,2-4H3,(H,17,18). The van der Waals surface area contributed by atoms with E-state index in [9.17, 15) is 4.79 Å². The Morgan fingerprint density at radius 3 is 2.68 bits per heavy atom. The first-order valence-corrected chi connectivity index (χ1v) is 6.30. The third kappa shape index (κ3) is 6.06. The van der Waals surface area contributed by atoms with Crippen LogP contribution >= 0.6 is 0 Å². The summed E-state index contributed by atoms with van der Waals surface area (Å²) in [6.45, 7) is 10.3. The Morgan fingerprint density at radius 2 is 2.05 bits per heavy atom. The Balaban J connectivity index is 2.60. The zero-order valence-electron chi connectivity index (χ0n) is 11.8. The molecule has 0 aliphatic heterocycles. The van der Waals surface area contributed by atoms with E-state index in [0.717, 1.165) is 0 Å². The second kappa shape index (κ2) is 6.95. The van der Waals surface area contributed by atoms with Gasteiger partial charge in [0.05, 0.1) is 12.2 Å². The van der Waals surface area contributed by atoms with Gasteiger partial charge in [0.2, 0.25) is 5.91 Å². The van der Waals surface area contributed by atoms with Crippen LogP contribution in [0.1, 0.15) is 20.8 Å². The molecule has 0 aliphatic carbocycles. The maximum atomic E-state index is 11.8. The van der Waals surface area contributed by atoms with Crippen molar-refractivity contribution in [3.63, 3.8) is 0 Å². The lowest BCUT2D eigenvalue weighted by atomic mass is 10.1. The molecule has 2 N–H and O–H groups in total. The first-order valence-electron chi connectivity index (χ1n) is 6.30. The van der Waals surface area contributed by atoms with Gasteiger partial charge in [-0.2, -0.15) is 0 Å². The highest BCUT2D eigenvalue weighted by molar-refractivity contribution is 5.93. The Labute approximate surface area is 114 Å². The number of rotatable bonds is 6. The molecule has 0 bridgehead atoms. The molecule has 104 valence electrons. The molecule has 0 unspecified atom stereocenters. The van der Waals surface area contributed by atoms with Gasteiger partial charge in [0.1, 0.15) is 12.4 Å². The number of anilines is 1.